The molecule has 4 heteroatoms. The van der Waals surface area contributed by atoms with Gasteiger partial charge in [0.15, 0.2) is 0 Å². The quantitative estimate of drug-likeness (QED) is 0.670. The van der Waals surface area contributed by atoms with Gasteiger partial charge in [-0.3, -0.25) is 9.80 Å². The van der Waals surface area contributed by atoms with Crippen molar-refractivity contribution in [1.82, 2.24) is 9.80 Å². The first-order valence-electron chi connectivity index (χ1n) is 8.68. The fourth-order valence-corrected chi connectivity index (χ4v) is 3.89. The average molecular weight is 401 g/mol. The molecule has 0 spiro atoms. The number of ether oxygens (including phenoxy) is 1. The van der Waals surface area contributed by atoms with E-state index in [1.54, 1.807) is 7.11 Å². The summed E-state index contributed by atoms with van der Waals surface area (Å²) in [6.45, 7) is 9.07. The Bertz CT molecular complexity index is 696. The van der Waals surface area contributed by atoms with Crippen LogP contribution in [0.15, 0.2) is 65.7 Å². The van der Waals surface area contributed by atoms with E-state index in [4.69, 9.17) is 4.74 Å². The van der Waals surface area contributed by atoms with E-state index >= 15 is 0 Å². The van der Waals surface area contributed by atoms with Crippen molar-refractivity contribution in [3.05, 3.63) is 76.8 Å². The van der Waals surface area contributed by atoms with Crippen molar-refractivity contribution in [2.24, 2.45) is 0 Å². The minimum atomic E-state index is 0.245. The first-order chi connectivity index (χ1) is 12.2. The summed E-state index contributed by atoms with van der Waals surface area (Å²) >= 11 is 3.56. The Kier molecular flexibility index (Phi) is 6.29. The standard InChI is InChI=1S/C21H25BrN2O/c1-3-11-23-12-14-24(15-13-23)21(17-7-5-4-6-8-17)18-9-10-19(22)20(16-18)25-2/h3-10,16,21H,1,11-15H2,2H3. The van der Waals surface area contributed by atoms with Gasteiger partial charge in [0, 0.05) is 32.7 Å². The molecule has 0 bridgehead atoms. The van der Waals surface area contributed by atoms with Gasteiger partial charge in [-0.1, -0.05) is 42.5 Å². The third kappa shape index (κ3) is 4.32. The van der Waals surface area contributed by atoms with Gasteiger partial charge in [-0.2, -0.15) is 0 Å². The zero-order valence-electron chi connectivity index (χ0n) is 14.7. The number of hydrogen-bond donors (Lipinski definition) is 0. The summed E-state index contributed by atoms with van der Waals surface area (Å²) < 4.78 is 6.51. The Morgan fingerprint density at radius 1 is 1.08 bits per heavy atom. The molecule has 0 aromatic heterocycles. The maximum Gasteiger partial charge on any atom is 0.133 e. The zero-order chi connectivity index (χ0) is 17.6. The van der Waals surface area contributed by atoms with E-state index in [9.17, 15) is 0 Å². The number of halogens is 1. The highest BCUT2D eigenvalue weighted by atomic mass is 79.9. The van der Waals surface area contributed by atoms with Crippen LogP contribution in [0, 0.1) is 0 Å². The number of benzene rings is 2. The molecule has 1 aliphatic heterocycles. The Labute approximate surface area is 159 Å². The van der Waals surface area contributed by atoms with Crippen LogP contribution in [0.25, 0.3) is 0 Å². The maximum absolute atomic E-state index is 5.52. The van der Waals surface area contributed by atoms with Crippen LogP contribution in [-0.4, -0.2) is 49.6 Å². The molecule has 2 aromatic rings. The smallest absolute Gasteiger partial charge is 0.133 e. The SMILES string of the molecule is C=CCN1CCN(C(c2ccccc2)c2ccc(Br)c(OC)c2)CC1. The molecular formula is C21H25BrN2O. The van der Waals surface area contributed by atoms with E-state index in [-0.39, 0.29) is 6.04 Å². The fourth-order valence-electron chi connectivity index (χ4n) is 3.48. The van der Waals surface area contributed by atoms with Gasteiger partial charge in [-0.25, -0.2) is 0 Å². The molecule has 3 nitrogen and oxygen atoms in total. The summed E-state index contributed by atoms with van der Waals surface area (Å²) in [5.41, 5.74) is 2.59. The monoisotopic (exact) mass is 400 g/mol. The van der Waals surface area contributed by atoms with E-state index in [0.29, 0.717) is 0 Å². The molecule has 0 amide bonds. The van der Waals surface area contributed by atoms with Crippen molar-refractivity contribution < 1.29 is 4.74 Å². The normalized spacial score (nSPS) is 17.2. The predicted molar refractivity (Wildman–Crippen MR) is 107 cm³/mol. The zero-order valence-corrected chi connectivity index (χ0v) is 16.3. The van der Waals surface area contributed by atoms with E-state index < -0.39 is 0 Å². The second-order valence-corrected chi connectivity index (χ2v) is 7.19. The molecule has 1 saturated heterocycles. The van der Waals surface area contributed by atoms with Gasteiger partial charge in [0.1, 0.15) is 5.75 Å². The lowest BCUT2D eigenvalue weighted by molar-refractivity contribution is 0.117. The molecule has 3 rings (SSSR count). The van der Waals surface area contributed by atoms with Crippen LogP contribution < -0.4 is 4.74 Å². The van der Waals surface area contributed by atoms with Crippen LogP contribution >= 0.6 is 15.9 Å². The highest BCUT2D eigenvalue weighted by Gasteiger charge is 2.26. The molecule has 2 aromatic carbocycles. The summed E-state index contributed by atoms with van der Waals surface area (Å²) in [7, 11) is 1.72. The van der Waals surface area contributed by atoms with Crippen molar-refractivity contribution in [3.8, 4) is 5.75 Å². The Hall–Kier alpha value is -1.62. The van der Waals surface area contributed by atoms with Gasteiger partial charge in [-0.05, 0) is 39.2 Å². The average Bonchev–Trinajstić information content (AvgIpc) is 2.66. The lowest BCUT2D eigenvalue weighted by Gasteiger charge is -2.39. The second-order valence-electron chi connectivity index (χ2n) is 6.33. The third-order valence-corrected chi connectivity index (χ3v) is 5.42. The molecule has 132 valence electrons. The topological polar surface area (TPSA) is 15.7 Å². The number of rotatable bonds is 6. The third-order valence-electron chi connectivity index (χ3n) is 4.77. The van der Waals surface area contributed by atoms with Crippen LogP contribution in [0.1, 0.15) is 17.2 Å². The van der Waals surface area contributed by atoms with Gasteiger partial charge < -0.3 is 4.74 Å². The molecule has 0 radical (unpaired) electrons. The largest absolute Gasteiger partial charge is 0.496 e. The van der Waals surface area contributed by atoms with Crippen molar-refractivity contribution in [2.75, 3.05) is 39.8 Å². The van der Waals surface area contributed by atoms with Crippen molar-refractivity contribution in [1.29, 1.82) is 0 Å². The number of methoxy groups -OCH3 is 1. The molecule has 0 aliphatic carbocycles. The molecule has 1 aliphatic rings. The molecule has 0 N–H and O–H groups in total. The summed E-state index contributed by atoms with van der Waals surface area (Å²) in [6, 6.07) is 17.4. The van der Waals surface area contributed by atoms with Crippen LogP contribution in [0.4, 0.5) is 0 Å². The molecule has 1 fully saturated rings. The maximum atomic E-state index is 5.52. The van der Waals surface area contributed by atoms with Gasteiger partial charge in [0.05, 0.1) is 17.6 Å². The summed E-state index contributed by atoms with van der Waals surface area (Å²) in [6.07, 6.45) is 1.99. The predicted octanol–water partition coefficient (Wildman–Crippen LogP) is 4.35. The Morgan fingerprint density at radius 3 is 2.44 bits per heavy atom. The molecule has 25 heavy (non-hydrogen) atoms. The lowest BCUT2D eigenvalue weighted by Crippen LogP contribution is -2.47. The Balaban J connectivity index is 1.90. The Morgan fingerprint density at radius 2 is 1.80 bits per heavy atom. The lowest BCUT2D eigenvalue weighted by atomic mass is 9.96. The first kappa shape index (κ1) is 18.2. The van der Waals surface area contributed by atoms with Crippen molar-refractivity contribution in [2.45, 2.75) is 6.04 Å². The minimum Gasteiger partial charge on any atom is -0.496 e. The van der Waals surface area contributed by atoms with Gasteiger partial charge in [-0.15, -0.1) is 6.58 Å². The highest BCUT2D eigenvalue weighted by Crippen LogP contribution is 2.34. The number of piperazine rings is 1. The fraction of sp³-hybridized carbons (Fsp3) is 0.333. The van der Waals surface area contributed by atoms with E-state index in [1.807, 2.05) is 6.08 Å². The van der Waals surface area contributed by atoms with Crippen molar-refractivity contribution >= 4 is 15.9 Å². The first-order valence-corrected chi connectivity index (χ1v) is 9.48. The summed E-state index contributed by atoms with van der Waals surface area (Å²) in [4.78, 5) is 5.02. The van der Waals surface area contributed by atoms with Gasteiger partial charge in [0.2, 0.25) is 0 Å². The number of hydrogen-bond acceptors (Lipinski definition) is 3. The summed E-state index contributed by atoms with van der Waals surface area (Å²) in [5.74, 6) is 0.878. The molecule has 0 saturated carbocycles. The minimum absolute atomic E-state index is 0.245. The van der Waals surface area contributed by atoms with Crippen LogP contribution in [-0.2, 0) is 0 Å². The molecule has 1 atom stereocenters. The van der Waals surface area contributed by atoms with Gasteiger partial charge >= 0.3 is 0 Å². The second kappa shape index (κ2) is 8.65. The van der Waals surface area contributed by atoms with Crippen LogP contribution in [0.3, 0.4) is 0 Å². The van der Waals surface area contributed by atoms with Gasteiger partial charge in [0.25, 0.3) is 0 Å². The van der Waals surface area contributed by atoms with E-state index in [2.05, 4.69) is 80.8 Å². The highest BCUT2D eigenvalue weighted by molar-refractivity contribution is 9.10. The molecule has 1 heterocycles. The van der Waals surface area contributed by atoms with E-state index in [1.165, 1.54) is 11.1 Å². The van der Waals surface area contributed by atoms with E-state index in [0.717, 1.165) is 42.9 Å². The van der Waals surface area contributed by atoms with Crippen LogP contribution in [0.5, 0.6) is 5.75 Å². The number of nitrogens with zero attached hydrogens (tertiary/aromatic N) is 2. The summed E-state index contributed by atoms with van der Waals surface area (Å²) in [5, 5.41) is 0. The molecule has 1 unspecified atom stereocenters. The molecular weight excluding hydrogens is 376 g/mol. The van der Waals surface area contributed by atoms with Crippen molar-refractivity contribution in [3.63, 3.8) is 0 Å². The van der Waals surface area contributed by atoms with Crippen LogP contribution in [0.2, 0.25) is 0 Å².